The predicted molar refractivity (Wildman–Crippen MR) is 54.6 cm³/mol. The summed E-state index contributed by atoms with van der Waals surface area (Å²) in [6, 6.07) is 1.72. The van der Waals surface area contributed by atoms with Crippen LogP contribution in [-0.4, -0.2) is 19.8 Å². The SMILES string of the molecule is O=S(O)Cc1ccc(F)c2c1[C@H](O)C(F)(F)[C@@H]2F. The van der Waals surface area contributed by atoms with E-state index in [2.05, 4.69) is 0 Å². The Labute approximate surface area is 102 Å². The van der Waals surface area contributed by atoms with Gasteiger partial charge in [-0.1, -0.05) is 6.07 Å². The van der Waals surface area contributed by atoms with Gasteiger partial charge in [0.1, 0.15) is 11.9 Å². The van der Waals surface area contributed by atoms with Crippen molar-refractivity contribution < 1.29 is 31.4 Å². The minimum atomic E-state index is -4.14. The van der Waals surface area contributed by atoms with Crippen molar-refractivity contribution in [3.8, 4) is 0 Å². The number of alkyl halides is 3. The van der Waals surface area contributed by atoms with Crippen LogP contribution in [0.5, 0.6) is 0 Å². The van der Waals surface area contributed by atoms with Gasteiger partial charge in [-0.15, -0.1) is 0 Å². The second kappa shape index (κ2) is 4.29. The number of benzene rings is 1. The summed E-state index contributed by atoms with van der Waals surface area (Å²) in [4.78, 5) is 0. The maximum Gasteiger partial charge on any atom is 0.312 e. The fraction of sp³-hybridized carbons (Fsp3) is 0.400. The van der Waals surface area contributed by atoms with Crippen molar-refractivity contribution in [1.82, 2.24) is 0 Å². The monoisotopic (exact) mass is 284 g/mol. The molecule has 0 saturated carbocycles. The number of rotatable bonds is 2. The Morgan fingerprint density at radius 3 is 2.50 bits per heavy atom. The van der Waals surface area contributed by atoms with Crippen LogP contribution in [-0.2, 0) is 16.8 Å². The second-order valence-electron chi connectivity index (χ2n) is 3.94. The third kappa shape index (κ3) is 1.84. The zero-order valence-corrected chi connectivity index (χ0v) is 9.56. The maximum atomic E-state index is 13.4. The molecule has 18 heavy (non-hydrogen) atoms. The molecular weight excluding hydrogens is 276 g/mol. The molecular formula is C10H8F4O3S. The van der Waals surface area contributed by atoms with Crippen LogP contribution in [0.15, 0.2) is 12.1 Å². The van der Waals surface area contributed by atoms with Crippen molar-refractivity contribution in [2.24, 2.45) is 0 Å². The van der Waals surface area contributed by atoms with Crippen LogP contribution in [0.25, 0.3) is 0 Å². The van der Waals surface area contributed by atoms with E-state index in [-0.39, 0.29) is 5.56 Å². The van der Waals surface area contributed by atoms with Gasteiger partial charge in [0, 0.05) is 11.1 Å². The molecule has 0 spiro atoms. The summed E-state index contributed by atoms with van der Waals surface area (Å²) >= 11 is -2.37. The van der Waals surface area contributed by atoms with Crippen LogP contribution in [0.3, 0.4) is 0 Å². The Morgan fingerprint density at radius 1 is 1.33 bits per heavy atom. The first kappa shape index (κ1) is 13.4. The van der Waals surface area contributed by atoms with Gasteiger partial charge in [-0.2, -0.15) is 8.78 Å². The van der Waals surface area contributed by atoms with Gasteiger partial charge >= 0.3 is 5.92 Å². The Kier molecular flexibility index (Phi) is 3.20. The molecule has 3 nitrogen and oxygen atoms in total. The van der Waals surface area contributed by atoms with Crippen LogP contribution in [0.2, 0.25) is 0 Å². The van der Waals surface area contributed by atoms with E-state index >= 15 is 0 Å². The molecule has 0 saturated heterocycles. The van der Waals surface area contributed by atoms with Gasteiger partial charge in [0.25, 0.3) is 0 Å². The van der Waals surface area contributed by atoms with Crippen LogP contribution in [0.1, 0.15) is 29.0 Å². The van der Waals surface area contributed by atoms with Crippen LogP contribution >= 0.6 is 0 Å². The molecule has 0 fully saturated rings. The van der Waals surface area contributed by atoms with Crippen molar-refractivity contribution in [3.63, 3.8) is 0 Å². The Morgan fingerprint density at radius 2 is 1.94 bits per heavy atom. The lowest BCUT2D eigenvalue weighted by molar-refractivity contribution is -0.143. The summed E-state index contributed by atoms with van der Waals surface area (Å²) < 4.78 is 72.7. The average Bonchev–Trinajstić information content (AvgIpc) is 2.44. The van der Waals surface area contributed by atoms with E-state index < -0.39 is 52.0 Å². The number of hydrogen-bond donors (Lipinski definition) is 2. The van der Waals surface area contributed by atoms with E-state index in [1.54, 1.807) is 0 Å². The lowest BCUT2D eigenvalue weighted by Gasteiger charge is -2.16. The zero-order valence-electron chi connectivity index (χ0n) is 8.74. The largest absolute Gasteiger partial charge is 0.382 e. The first-order valence-electron chi connectivity index (χ1n) is 4.85. The Hall–Kier alpha value is -0.990. The summed E-state index contributed by atoms with van der Waals surface area (Å²) in [7, 11) is 0. The summed E-state index contributed by atoms with van der Waals surface area (Å²) in [6.07, 6.45) is -5.48. The molecule has 0 heterocycles. The Bertz CT molecular complexity index is 520. The minimum absolute atomic E-state index is 0.167. The molecule has 2 N–H and O–H groups in total. The molecule has 3 atom stereocenters. The van der Waals surface area contributed by atoms with E-state index in [9.17, 15) is 26.9 Å². The highest BCUT2D eigenvalue weighted by Gasteiger charge is 2.58. The van der Waals surface area contributed by atoms with Crippen molar-refractivity contribution >= 4 is 11.1 Å². The number of aliphatic hydroxyl groups excluding tert-OH is 1. The quantitative estimate of drug-likeness (QED) is 0.647. The molecule has 1 unspecified atom stereocenters. The number of hydrogen-bond acceptors (Lipinski definition) is 2. The van der Waals surface area contributed by atoms with Crippen LogP contribution < -0.4 is 0 Å². The molecule has 8 heteroatoms. The lowest BCUT2D eigenvalue weighted by Crippen LogP contribution is -2.24. The molecule has 0 radical (unpaired) electrons. The minimum Gasteiger partial charge on any atom is -0.382 e. The molecule has 100 valence electrons. The van der Waals surface area contributed by atoms with Crippen LogP contribution in [0.4, 0.5) is 17.6 Å². The van der Waals surface area contributed by atoms with Gasteiger partial charge in [0.2, 0.25) is 0 Å². The van der Waals surface area contributed by atoms with Crippen molar-refractivity contribution in [3.05, 3.63) is 34.6 Å². The fourth-order valence-corrected chi connectivity index (χ4v) is 2.54. The van der Waals surface area contributed by atoms with Gasteiger partial charge < -0.3 is 9.66 Å². The van der Waals surface area contributed by atoms with Gasteiger partial charge in [-0.3, -0.25) is 0 Å². The third-order valence-electron chi connectivity index (χ3n) is 2.83. The van der Waals surface area contributed by atoms with Crippen molar-refractivity contribution in [2.45, 2.75) is 24.0 Å². The summed E-state index contributed by atoms with van der Waals surface area (Å²) in [6.45, 7) is 0. The molecule has 0 aliphatic heterocycles. The van der Waals surface area contributed by atoms with Crippen molar-refractivity contribution in [2.75, 3.05) is 0 Å². The van der Waals surface area contributed by atoms with Gasteiger partial charge in [-0.25, -0.2) is 13.0 Å². The van der Waals surface area contributed by atoms with E-state index in [0.717, 1.165) is 12.1 Å². The molecule has 0 bridgehead atoms. The molecule has 1 aliphatic carbocycles. The molecule has 0 amide bonds. The highest BCUT2D eigenvalue weighted by atomic mass is 32.2. The molecule has 1 aromatic carbocycles. The fourth-order valence-electron chi connectivity index (χ4n) is 2.02. The van der Waals surface area contributed by atoms with Gasteiger partial charge in [0.05, 0.1) is 5.75 Å². The average molecular weight is 284 g/mol. The van der Waals surface area contributed by atoms with E-state index in [1.165, 1.54) is 0 Å². The van der Waals surface area contributed by atoms with Gasteiger partial charge in [-0.05, 0) is 11.6 Å². The highest BCUT2D eigenvalue weighted by molar-refractivity contribution is 7.78. The van der Waals surface area contributed by atoms with E-state index in [4.69, 9.17) is 4.55 Å². The van der Waals surface area contributed by atoms with Crippen molar-refractivity contribution in [1.29, 1.82) is 0 Å². The first-order chi connectivity index (χ1) is 8.26. The third-order valence-corrected chi connectivity index (χ3v) is 3.39. The summed E-state index contributed by atoms with van der Waals surface area (Å²) in [5.74, 6) is -5.93. The molecule has 0 aromatic heterocycles. The lowest BCUT2D eigenvalue weighted by atomic mass is 10.0. The zero-order chi connectivity index (χ0) is 13.7. The number of halogens is 4. The normalized spacial score (nSPS) is 27.0. The van der Waals surface area contributed by atoms with Crippen LogP contribution in [0, 0.1) is 5.82 Å². The Balaban J connectivity index is 2.63. The number of aliphatic hydroxyl groups is 1. The molecule has 1 aromatic rings. The predicted octanol–water partition coefficient (Wildman–Crippen LogP) is 2.24. The topological polar surface area (TPSA) is 57.5 Å². The standard InChI is InChI=1S/C10H8F4O3S/c11-5-2-1-4(3-18(16)17)6-7(5)8(12)10(13,14)9(6)15/h1-2,8-9,15H,3H2,(H,16,17)/t8-,9+/m1/s1. The van der Waals surface area contributed by atoms with E-state index in [1.807, 2.05) is 0 Å². The van der Waals surface area contributed by atoms with E-state index in [0.29, 0.717) is 0 Å². The summed E-state index contributed by atoms with van der Waals surface area (Å²) in [5, 5.41) is 9.36. The first-order valence-corrected chi connectivity index (χ1v) is 6.13. The maximum absolute atomic E-state index is 13.4. The number of fused-ring (bicyclic) bond motifs is 1. The van der Waals surface area contributed by atoms with Gasteiger partial charge in [0.15, 0.2) is 17.3 Å². The molecule has 1 aliphatic rings. The summed E-state index contributed by atoms with van der Waals surface area (Å²) in [5.41, 5.74) is -1.73. The molecule has 2 rings (SSSR count). The highest BCUT2D eigenvalue weighted by Crippen LogP contribution is 2.54. The smallest absolute Gasteiger partial charge is 0.312 e. The second-order valence-corrected chi connectivity index (χ2v) is 4.87.